The van der Waals surface area contributed by atoms with E-state index in [0.29, 0.717) is 44.1 Å². The van der Waals surface area contributed by atoms with Gasteiger partial charge in [-0.15, -0.1) is 0 Å². The van der Waals surface area contributed by atoms with E-state index in [4.69, 9.17) is 10.2 Å². The second kappa shape index (κ2) is 6.56. The molecule has 0 aliphatic carbocycles. The van der Waals surface area contributed by atoms with Crippen LogP contribution in [-0.2, 0) is 11.3 Å². The molecule has 1 aromatic rings. The van der Waals surface area contributed by atoms with Crippen molar-refractivity contribution in [1.29, 1.82) is 0 Å². The van der Waals surface area contributed by atoms with E-state index in [1.807, 2.05) is 11.8 Å². The molecule has 0 aromatic carbocycles. The molecule has 0 atom stereocenters. The first kappa shape index (κ1) is 14.6. The fourth-order valence-corrected chi connectivity index (χ4v) is 2.35. The summed E-state index contributed by atoms with van der Waals surface area (Å²) < 4.78 is 5.39. The average Bonchev–Trinajstić information content (AvgIpc) is 2.82. The van der Waals surface area contributed by atoms with Crippen LogP contribution < -0.4 is 5.73 Å². The van der Waals surface area contributed by atoms with Crippen LogP contribution in [0.4, 0.5) is 0 Å². The molecule has 1 aliphatic heterocycles. The lowest BCUT2D eigenvalue weighted by molar-refractivity contribution is -0.130. The minimum absolute atomic E-state index is 0.129. The van der Waals surface area contributed by atoms with Crippen LogP contribution in [0.5, 0.6) is 0 Å². The van der Waals surface area contributed by atoms with E-state index in [-0.39, 0.29) is 18.4 Å². The van der Waals surface area contributed by atoms with Gasteiger partial charge < -0.3 is 20.0 Å². The molecule has 1 saturated heterocycles. The van der Waals surface area contributed by atoms with Gasteiger partial charge in [-0.05, 0) is 18.6 Å². The van der Waals surface area contributed by atoms with Crippen LogP contribution in [0.3, 0.4) is 0 Å². The molecule has 0 unspecified atom stereocenters. The summed E-state index contributed by atoms with van der Waals surface area (Å²) in [4.78, 5) is 27.6. The zero-order chi connectivity index (χ0) is 14.5. The van der Waals surface area contributed by atoms with Gasteiger partial charge in [0, 0.05) is 32.6 Å². The Morgan fingerprint density at radius 1 is 1.20 bits per heavy atom. The highest BCUT2D eigenvalue weighted by Gasteiger charge is 2.23. The maximum atomic E-state index is 12.3. The van der Waals surface area contributed by atoms with Gasteiger partial charge in [0.2, 0.25) is 5.91 Å². The quantitative estimate of drug-likeness (QED) is 0.888. The van der Waals surface area contributed by atoms with E-state index in [1.54, 1.807) is 17.0 Å². The van der Waals surface area contributed by atoms with Crippen LogP contribution in [0.2, 0.25) is 0 Å². The predicted octanol–water partition coefficient (Wildman–Crippen LogP) is 0.823. The molecule has 2 amide bonds. The monoisotopic (exact) mass is 279 g/mol. The number of carbonyl (C=O) groups excluding carboxylic acids is 2. The molecule has 0 saturated carbocycles. The first-order chi connectivity index (χ1) is 9.65. The maximum Gasteiger partial charge on any atom is 0.289 e. The van der Waals surface area contributed by atoms with Crippen LogP contribution in [0.15, 0.2) is 16.5 Å². The van der Waals surface area contributed by atoms with Crippen molar-refractivity contribution in [3.63, 3.8) is 0 Å². The van der Waals surface area contributed by atoms with Gasteiger partial charge in [0.1, 0.15) is 5.76 Å². The number of furan rings is 1. The van der Waals surface area contributed by atoms with Gasteiger partial charge in [-0.3, -0.25) is 9.59 Å². The number of carbonyl (C=O) groups is 2. The second-order valence-corrected chi connectivity index (χ2v) is 4.85. The second-order valence-electron chi connectivity index (χ2n) is 4.85. The highest BCUT2D eigenvalue weighted by molar-refractivity contribution is 5.91. The summed E-state index contributed by atoms with van der Waals surface area (Å²) in [6, 6.07) is 3.38. The Balaban J connectivity index is 1.99. The Morgan fingerprint density at radius 3 is 2.55 bits per heavy atom. The van der Waals surface area contributed by atoms with Gasteiger partial charge in [0.15, 0.2) is 5.76 Å². The number of hydrogen-bond donors (Lipinski definition) is 1. The molecule has 2 rings (SSSR count). The lowest BCUT2D eigenvalue weighted by atomic mass is 10.3. The van der Waals surface area contributed by atoms with Crippen molar-refractivity contribution in [2.75, 3.05) is 26.2 Å². The number of nitrogens with two attached hydrogens (primary N) is 1. The van der Waals surface area contributed by atoms with Crippen LogP contribution in [-0.4, -0.2) is 47.8 Å². The molecule has 0 bridgehead atoms. The summed E-state index contributed by atoms with van der Waals surface area (Å²) in [5, 5.41) is 0. The van der Waals surface area contributed by atoms with Crippen molar-refractivity contribution in [1.82, 2.24) is 9.80 Å². The molecule has 20 heavy (non-hydrogen) atoms. The summed E-state index contributed by atoms with van der Waals surface area (Å²) in [5.41, 5.74) is 5.47. The van der Waals surface area contributed by atoms with E-state index in [9.17, 15) is 9.59 Å². The van der Waals surface area contributed by atoms with Crippen LogP contribution in [0, 0.1) is 0 Å². The molecule has 6 heteroatoms. The van der Waals surface area contributed by atoms with E-state index in [2.05, 4.69) is 0 Å². The molecule has 6 nitrogen and oxygen atoms in total. The Morgan fingerprint density at radius 2 is 1.90 bits per heavy atom. The fourth-order valence-electron chi connectivity index (χ4n) is 2.35. The lowest BCUT2D eigenvalue weighted by Gasteiger charge is -2.21. The molecule has 2 heterocycles. The van der Waals surface area contributed by atoms with Crippen LogP contribution >= 0.6 is 0 Å². The van der Waals surface area contributed by atoms with Crippen molar-refractivity contribution in [2.45, 2.75) is 26.3 Å². The molecule has 0 radical (unpaired) electrons. The number of rotatable bonds is 3. The largest absolute Gasteiger partial charge is 0.455 e. The van der Waals surface area contributed by atoms with E-state index in [1.165, 1.54) is 0 Å². The number of hydrogen-bond acceptors (Lipinski definition) is 4. The molecule has 1 aromatic heterocycles. The molecule has 110 valence electrons. The SMILES string of the molecule is CCC(=O)N1CCCN(C(=O)c2ccc(CN)o2)CC1. The van der Waals surface area contributed by atoms with Crippen LogP contribution in [0.1, 0.15) is 36.1 Å². The van der Waals surface area contributed by atoms with Crippen molar-refractivity contribution in [3.8, 4) is 0 Å². The van der Waals surface area contributed by atoms with Gasteiger partial charge in [0.25, 0.3) is 5.91 Å². The fraction of sp³-hybridized carbons (Fsp3) is 0.571. The summed E-state index contributed by atoms with van der Waals surface area (Å²) in [5.74, 6) is 0.935. The van der Waals surface area contributed by atoms with Gasteiger partial charge in [0.05, 0.1) is 6.54 Å². The highest BCUT2D eigenvalue weighted by Crippen LogP contribution is 2.13. The van der Waals surface area contributed by atoms with Gasteiger partial charge >= 0.3 is 0 Å². The highest BCUT2D eigenvalue weighted by atomic mass is 16.4. The summed E-state index contributed by atoms with van der Waals surface area (Å²) in [6.45, 7) is 4.62. The zero-order valence-electron chi connectivity index (χ0n) is 11.8. The Kier molecular flexibility index (Phi) is 4.79. The first-order valence-electron chi connectivity index (χ1n) is 7.01. The standard InChI is InChI=1S/C14H21N3O3/c1-2-13(18)16-6-3-7-17(9-8-16)14(19)12-5-4-11(10-15)20-12/h4-5H,2-3,6-10,15H2,1H3. The molecule has 1 aliphatic rings. The maximum absolute atomic E-state index is 12.3. The topological polar surface area (TPSA) is 79.8 Å². The third kappa shape index (κ3) is 3.19. The van der Waals surface area contributed by atoms with E-state index >= 15 is 0 Å². The summed E-state index contributed by atoms with van der Waals surface area (Å²) in [7, 11) is 0. The third-order valence-corrected chi connectivity index (χ3v) is 3.51. The smallest absolute Gasteiger partial charge is 0.289 e. The average molecular weight is 279 g/mol. The summed E-state index contributed by atoms with van der Waals surface area (Å²) >= 11 is 0. The summed E-state index contributed by atoms with van der Waals surface area (Å²) in [6.07, 6.45) is 1.30. The van der Waals surface area contributed by atoms with Gasteiger partial charge in [-0.25, -0.2) is 0 Å². The predicted molar refractivity (Wildman–Crippen MR) is 74.0 cm³/mol. The Hall–Kier alpha value is -1.82. The Labute approximate surface area is 118 Å². The molecular weight excluding hydrogens is 258 g/mol. The van der Waals surface area contributed by atoms with Crippen molar-refractivity contribution >= 4 is 11.8 Å². The minimum Gasteiger partial charge on any atom is -0.455 e. The van der Waals surface area contributed by atoms with Gasteiger partial charge in [-0.1, -0.05) is 6.92 Å². The molecule has 1 fully saturated rings. The van der Waals surface area contributed by atoms with Gasteiger partial charge in [-0.2, -0.15) is 0 Å². The van der Waals surface area contributed by atoms with Crippen molar-refractivity contribution in [2.24, 2.45) is 5.73 Å². The normalized spacial score (nSPS) is 16.1. The lowest BCUT2D eigenvalue weighted by Crippen LogP contribution is -2.37. The van der Waals surface area contributed by atoms with Crippen molar-refractivity contribution in [3.05, 3.63) is 23.7 Å². The number of amides is 2. The van der Waals surface area contributed by atoms with E-state index in [0.717, 1.165) is 6.42 Å². The zero-order valence-corrected chi connectivity index (χ0v) is 11.8. The number of nitrogens with zero attached hydrogens (tertiary/aromatic N) is 2. The molecular formula is C14H21N3O3. The minimum atomic E-state index is -0.129. The Bertz CT molecular complexity index is 484. The van der Waals surface area contributed by atoms with Crippen LogP contribution in [0.25, 0.3) is 0 Å². The molecule has 0 spiro atoms. The third-order valence-electron chi connectivity index (χ3n) is 3.51. The van der Waals surface area contributed by atoms with Crippen molar-refractivity contribution < 1.29 is 14.0 Å². The first-order valence-corrected chi connectivity index (χ1v) is 7.01. The molecule has 2 N–H and O–H groups in total. The van der Waals surface area contributed by atoms with E-state index < -0.39 is 0 Å².